The molecule has 3 heteroatoms. The van der Waals surface area contributed by atoms with Crippen LogP contribution in [-0.2, 0) is 6.42 Å². The topological polar surface area (TPSA) is 25.8 Å². The summed E-state index contributed by atoms with van der Waals surface area (Å²) < 4.78 is 0.925. The van der Waals surface area contributed by atoms with E-state index >= 15 is 0 Å². The number of aryl methyl sites for hydroxylation is 1. The summed E-state index contributed by atoms with van der Waals surface area (Å²) in [7, 11) is 0. The zero-order valence-corrected chi connectivity index (χ0v) is 10.0. The van der Waals surface area contributed by atoms with Crippen LogP contribution >= 0.6 is 15.9 Å². The Bertz CT molecular complexity index is 451. The van der Waals surface area contributed by atoms with Gasteiger partial charge in [-0.05, 0) is 27.9 Å². The molecule has 2 nitrogen and oxygen atoms in total. The molecule has 0 aliphatic heterocycles. The maximum Gasteiger partial charge on any atom is 0.116 e. The average Bonchev–Trinajstić information content (AvgIpc) is 2.30. The fourth-order valence-corrected chi connectivity index (χ4v) is 1.87. The lowest BCUT2D eigenvalue weighted by molar-refractivity contribution is 1.13. The Hall–Kier alpha value is -1.22. The summed E-state index contributed by atoms with van der Waals surface area (Å²) in [6, 6.07) is 8.44. The molecule has 2 aromatic rings. The zero-order valence-electron chi connectivity index (χ0n) is 8.44. The van der Waals surface area contributed by atoms with E-state index in [1.165, 1.54) is 5.56 Å². The van der Waals surface area contributed by atoms with Gasteiger partial charge >= 0.3 is 0 Å². The molecule has 0 fully saturated rings. The molecule has 0 spiro atoms. The van der Waals surface area contributed by atoms with E-state index in [2.05, 4.69) is 57.1 Å². The lowest BCUT2D eigenvalue weighted by atomic mass is 10.1. The van der Waals surface area contributed by atoms with Gasteiger partial charge in [0.2, 0.25) is 0 Å². The number of halogens is 1. The molecule has 0 radical (unpaired) electrons. The fraction of sp³-hybridized carbons (Fsp3) is 0.167. The summed E-state index contributed by atoms with van der Waals surface area (Å²) in [5.41, 5.74) is 3.39. The first kappa shape index (κ1) is 10.3. The van der Waals surface area contributed by atoms with Crippen LogP contribution < -0.4 is 0 Å². The third kappa shape index (κ3) is 2.23. The summed E-state index contributed by atoms with van der Waals surface area (Å²) >= 11 is 3.44. The minimum absolute atomic E-state index is 0.925. The van der Waals surface area contributed by atoms with Crippen LogP contribution in [0.1, 0.15) is 12.5 Å². The van der Waals surface area contributed by atoms with Gasteiger partial charge in [-0.2, -0.15) is 0 Å². The van der Waals surface area contributed by atoms with Crippen LogP contribution in [-0.4, -0.2) is 9.97 Å². The molecule has 0 unspecified atom stereocenters. The molecule has 0 atom stereocenters. The van der Waals surface area contributed by atoms with E-state index in [1.807, 2.05) is 0 Å². The second kappa shape index (κ2) is 4.53. The van der Waals surface area contributed by atoms with E-state index in [0.29, 0.717) is 0 Å². The Morgan fingerprint density at radius 1 is 1.20 bits per heavy atom. The highest BCUT2D eigenvalue weighted by atomic mass is 79.9. The number of nitrogens with zero attached hydrogens (tertiary/aromatic N) is 2. The molecule has 0 bridgehead atoms. The van der Waals surface area contributed by atoms with Gasteiger partial charge < -0.3 is 0 Å². The van der Waals surface area contributed by atoms with Crippen molar-refractivity contribution in [1.29, 1.82) is 0 Å². The predicted octanol–water partition coefficient (Wildman–Crippen LogP) is 3.47. The Labute approximate surface area is 97.5 Å². The maximum absolute atomic E-state index is 4.25. The van der Waals surface area contributed by atoms with Crippen LogP contribution in [0.4, 0.5) is 0 Å². The van der Waals surface area contributed by atoms with Crippen molar-refractivity contribution in [2.24, 2.45) is 0 Å². The number of aromatic nitrogens is 2. The molecule has 1 aromatic heterocycles. The molecular weight excluding hydrogens is 252 g/mol. The fourth-order valence-electron chi connectivity index (χ4n) is 1.42. The lowest BCUT2D eigenvalue weighted by Gasteiger charge is -2.03. The van der Waals surface area contributed by atoms with Gasteiger partial charge in [-0.1, -0.05) is 31.2 Å². The molecule has 0 saturated carbocycles. The molecule has 1 aromatic carbocycles. The molecule has 76 valence electrons. The highest BCUT2D eigenvalue weighted by molar-refractivity contribution is 9.10. The first-order valence-corrected chi connectivity index (χ1v) is 5.65. The van der Waals surface area contributed by atoms with Gasteiger partial charge in [0.25, 0.3) is 0 Å². The van der Waals surface area contributed by atoms with Crippen LogP contribution in [0.5, 0.6) is 0 Å². The second-order valence-electron chi connectivity index (χ2n) is 3.27. The lowest BCUT2D eigenvalue weighted by Crippen LogP contribution is -1.87. The van der Waals surface area contributed by atoms with Crippen molar-refractivity contribution in [3.8, 4) is 11.3 Å². The van der Waals surface area contributed by atoms with Gasteiger partial charge in [0.1, 0.15) is 6.33 Å². The Morgan fingerprint density at radius 2 is 1.93 bits per heavy atom. The van der Waals surface area contributed by atoms with Crippen molar-refractivity contribution in [3.63, 3.8) is 0 Å². The van der Waals surface area contributed by atoms with Crippen LogP contribution in [0.3, 0.4) is 0 Å². The van der Waals surface area contributed by atoms with Gasteiger partial charge in [0, 0.05) is 11.8 Å². The molecule has 0 N–H and O–H groups in total. The van der Waals surface area contributed by atoms with Crippen molar-refractivity contribution >= 4 is 15.9 Å². The summed E-state index contributed by atoms with van der Waals surface area (Å²) in [5.74, 6) is 0. The van der Waals surface area contributed by atoms with E-state index in [9.17, 15) is 0 Å². The van der Waals surface area contributed by atoms with Crippen LogP contribution in [0.2, 0.25) is 0 Å². The molecular formula is C12H11BrN2. The molecule has 15 heavy (non-hydrogen) atoms. The van der Waals surface area contributed by atoms with Crippen LogP contribution in [0.15, 0.2) is 41.3 Å². The smallest absolute Gasteiger partial charge is 0.116 e. The quantitative estimate of drug-likeness (QED) is 0.829. The summed E-state index contributed by atoms with van der Waals surface area (Å²) in [4.78, 5) is 8.19. The second-order valence-corrected chi connectivity index (χ2v) is 4.12. The summed E-state index contributed by atoms with van der Waals surface area (Å²) in [5, 5.41) is 0. The molecule has 2 rings (SSSR count). The predicted molar refractivity (Wildman–Crippen MR) is 64.5 cm³/mol. The number of benzene rings is 1. The largest absolute Gasteiger partial charge is 0.244 e. The normalized spacial score (nSPS) is 10.3. The third-order valence-corrected chi connectivity index (χ3v) is 2.88. The van der Waals surface area contributed by atoms with Crippen LogP contribution in [0.25, 0.3) is 11.3 Å². The van der Waals surface area contributed by atoms with E-state index in [0.717, 1.165) is 22.2 Å². The molecule has 1 heterocycles. The van der Waals surface area contributed by atoms with Gasteiger partial charge in [-0.25, -0.2) is 9.97 Å². The van der Waals surface area contributed by atoms with E-state index < -0.39 is 0 Å². The zero-order chi connectivity index (χ0) is 10.7. The van der Waals surface area contributed by atoms with Crippen LogP contribution in [0, 0.1) is 0 Å². The first-order valence-electron chi connectivity index (χ1n) is 4.86. The van der Waals surface area contributed by atoms with Crippen molar-refractivity contribution in [1.82, 2.24) is 9.97 Å². The number of hydrogen-bond acceptors (Lipinski definition) is 2. The average molecular weight is 263 g/mol. The van der Waals surface area contributed by atoms with E-state index in [4.69, 9.17) is 0 Å². The summed E-state index contributed by atoms with van der Waals surface area (Å²) in [6.07, 6.45) is 4.38. The van der Waals surface area contributed by atoms with Gasteiger partial charge in [0.05, 0.1) is 10.2 Å². The highest BCUT2D eigenvalue weighted by Crippen LogP contribution is 2.24. The van der Waals surface area contributed by atoms with Crippen molar-refractivity contribution in [2.45, 2.75) is 13.3 Å². The maximum atomic E-state index is 4.25. The van der Waals surface area contributed by atoms with Crippen molar-refractivity contribution in [3.05, 3.63) is 46.8 Å². The number of rotatable bonds is 2. The van der Waals surface area contributed by atoms with Crippen molar-refractivity contribution < 1.29 is 0 Å². The molecule has 0 aliphatic rings. The Kier molecular flexibility index (Phi) is 3.11. The Balaban J connectivity index is 2.42. The molecule has 0 amide bonds. The third-order valence-electron chi connectivity index (χ3n) is 2.30. The highest BCUT2D eigenvalue weighted by Gasteiger charge is 2.03. The molecule has 0 aliphatic carbocycles. The minimum Gasteiger partial charge on any atom is -0.244 e. The van der Waals surface area contributed by atoms with E-state index in [1.54, 1.807) is 12.5 Å². The van der Waals surface area contributed by atoms with Gasteiger partial charge in [-0.3, -0.25) is 0 Å². The summed E-state index contributed by atoms with van der Waals surface area (Å²) in [6.45, 7) is 2.15. The standard InChI is InChI=1S/C12H11BrN2/c1-2-9-3-5-10(6-4-9)12-11(13)7-14-8-15-12/h3-8H,2H2,1H3. The first-order chi connectivity index (χ1) is 7.31. The Morgan fingerprint density at radius 3 is 2.53 bits per heavy atom. The SMILES string of the molecule is CCc1ccc(-c2ncncc2Br)cc1. The minimum atomic E-state index is 0.925. The monoisotopic (exact) mass is 262 g/mol. The van der Waals surface area contributed by atoms with Crippen molar-refractivity contribution in [2.75, 3.05) is 0 Å². The molecule has 0 saturated heterocycles. The van der Waals surface area contributed by atoms with Gasteiger partial charge in [0.15, 0.2) is 0 Å². The van der Waals surface area contributed by atoms with E-state index in [-0.39, 0.29) is 0 Å². The number of hydrogen-bond donors (Lipinski definition) is 0. The van der Waals surface area contributed by atoms with Gasteiger partial charge in [-0.15, -0.1) is 0 Å².